The monoisotopic (exact) mass is 374 g/mol. The summed E-state index contributed by atoms with van der Waals surface area (Å²) in [6.07, 6.45) is 3.54. The van der Waals surface area contributed by atoms with Crippen molar-refractivity contribution in [3.05, 3.63) is 76.0 Å². The number of amides is 1. The van der Waals surface area contributed by atoms with E-state index < -0.39 is 0 Å². The van der Waals surface area contributed by atoms with Gasteiger partial charge >= 0.3 is 0 Å². The number of pyridine rings is 1. The molecular weight excluding hydrogens is 356 g/mol. The number of aromatic nitrogens is 3. The third-order valence-corrected chi connectivity index (χ3v) is 5.25. The van der Waals surface area contributed by atoms with Crippen molar-refractivity contribution >= 4 is 22.5 Å². The predicted molar refractivity (Wildman–Crippen MR) is 103 cm³/mol. The van der Waals surface area contributed by atoms with Crippen molar-refractivity contribution in [2.45, 2.75) is 25.8 Å². The molecule has 1 unspecified atom stereocenters. The van der Waals surface area contributed by atoms with Crippen LogP contribution < -0.4 is 5.43 Å². The second-order valence-corrected chi connectivity index (χ2v) is 7.12. The molecule has 4 aromatic rings. The number of nitrogens with zero attached hydrogens (tertiary/aromatic N) is 4. The fraction of sp³-hybridized carbons (Fsp3) is 0.238. The van der Waals surface area contributed by atoms with Crippen LogP contribution in [0.4, 0.5) is 0 Å². The number of rotatable bonds is 2. The van der Waals surface area contributed by atoms with Crippen LogP contribution >= 0.6 is 0 Å². The molecule has 1 aromatic carbocycles. The summed E-state index contributed by atoms with van der Waals surface area (Å²) in [4.78, 5) is 27.4. The Kier molecular flexibility index (Phi) is 3.75. The second kappa shape index (κ2) is 6.30. The maximum Gasteiger partial charge on any atom is 0.290 e. The average Bonchev–Trinajstić information content (AvgIpc) is 3.34. The van der Waals surface area contributed by atoms with Gasteiger partial charge < -0.3 is 9.32 Å². The summed E-state index contributed by atoms with van der Waals surface area (Å²) in [7, 11) is 0. The van der Waals surface area contributed by atoms with Crippen LogP contribution in [0.3, 0.4) is 0 Å². The zero-order valence-electron chi connectivity index (χ0n) is 15.3. The number of likely N-dealkylation sites (tertiary alicyclic amines) is 1. The van der Waals surface area contributed by atoms with Gasteiger partial charge in [0.25, 0.3) is 5.91 Å². The van der Waals surface area contributed by atoms with Gasteiger partial charge in [-0.05, 0) is 44.0 Å². The Morgan fingerprint density at radius 1 is 1.18 bits per heavy atom. The maximum absolute atomic E-state index is 13.2. The van der Waals surface area contributed by atoms with Gasteiger partial charge in [-0.15, -0.1) is 10.2 Å². The smallest absolute Gasteiger partial charge is 0.290 e. The Morgan fingerprint density at radius 3 is 2.96 bits per heavy atom. The molecule has 1 fully saturated rings. The number of hydrogen-bond donors (Lipinski definition) is 0. The summed E-state index contributed by atoms with van der Waals surface area (Å²) in [5, 5.41) is 8.99. The summed E-state index contributed by atoms with van der Waals surface area (Å²) in [6.45, 7) is 2.50. The van der Waals surface area contributed by atoms with E-state index in [0.717, 1.165) is 29.9 Å². The van der Waals surface area contributed by atoms with Crippen LogP contribution in [-0.2, 0) is 0 Å². The van der Waals surface area contributed by atoms with E-state index in [-0.39, 0.29) is 23.1 Å². The molecule has 0 aliphatic carbocycles. The van der Waals surface area contributed by atoms with Gasteiger partial charge in [0, 0.05) is 18.8 Å². The molecule has 1 atom stereocenters. The molecule has 7 heteroatoms. The van der Waals surface area contributed by atoms with E-state index >= 15 is 0 Å². The van der Waals surface area contributed by atoms with Crippen LogP contribution in [0.2, 0.25) is 0 Å². The van der Waals surface area contributed by atoms with Crippen molar-refractivity contribution in [3.63, 3.8) is 0 Å². The molecule has 3 aromatic heterocycles. The van der Waals surface area contributed by atoms with Gasteiger partial charge in [-0.3, -0.25) is 14.0 Å². The Balaban J connectivity index is 1.55. The quantitative estimate of drug-likeness (QED) is 0.538. The van der Waals surface area contributed by atoms with Crippen LogP contribution in [0.25, 0.3) is 16.6 Å². The first kappa shape index (κ1) is 16.7. The molecule has 0 radical (unpaired) electrons. The molecule has 1 aliphatic rings. The summed E-state index contributed by atoms with van der Waals surface area (Å²) in [6, 6.07) is 12.1. The van der Waals surface area contributed by atoms with E-state index in [1.807, 2.05) is 41.8 Å². The van der Waals surface area contributed by atoms with Crippen molar-refractivity contribution in [3.8, 4) is 0 Å². The van der Waals surface area contributed by atoms with Crippen molar-refractivity contribution in [2.24, 2.45) is 0 Å². The number of aryl methyl sites for hydroxylation is 1. The predicted octanol–water partition coefficient (Wildman–Crippen LogP) is 3.12. The van der Waals surface area contributed by atoms with Gasteiger partial charge in [0.15, 0.2) is 22.7 Å². The highest BCUT2D eigenvalue weighted by Gasteiger charge is 2.35. The Morgan fingerprint density at radius 2 is 2.07 bits per heavy atom. The van der Waals surface area contributed by atoms with Crippen LogP contribution in [0.5, 0.6) is 0 Å². The maximum atomic E-state index is 13.2. The fourth-order valence-corrected chi connectivity index (χ4v) is 3.88. The van der Waals surface area contributed by atoms with Gasteiger partial charge in [0.1, 0.15) is 5.58 Å². The number of fused-ring (bicyclic) bond motifs is 2. The van der Waals surface area contributed by atoms with Crippen molar-refractivity contribution in [1.29, 1.82) is 0 Å². The van der Waals surface area contributed by atoms with Gasteiger partial charge in [-0.25, -0.2) is 0 Å². The first-order chi connectivity index (χ1) is 13.6. The Bertz CT molecular complexity index is 1270. The molecule has 1 aliphatic heterocycles. The molecule has 0 N–H and O–H groups in total. The average molecular weight is 374 g/mol. The number of carbonyl (C=O) groups is 1. The SMILES string of the molecule is Cc1ccc2oc(C(=O)N3CCCC3c3nnc4ccccn34)cc(=O)c2c1. The number of carbonyl (C=O) groups excluding carboxylic acids is 1. The second-order valence-electron chi connectivity index (χ2n) is 7.12. The zero-order valence-corrected chi connectivity index (χ0v) is 15.3. The van der Waals surface area contributed by atoms with Crippen LogP contribution in [0.15, 0.2) is 57.9 Å². The third kappa shape index (κ3) is 2.58. The van der Waals surface area contributed by atoms with Crippen molar-refractivity contribution in [1.82, 2.24) is 19.5 Å². The molecule has 5 rings (SSSR count). The van der Waals surface area contributed by atoms with Crippen molar-refractivity contribution in [2.75, 3.05) is 6.54 Å². The number of benzene rings is 1. The Hall–Kier alpha value is -3.48. The summed E-state index contributed by atoms with van der Waals surface area (Å²) >= 11 is 0. The summed E-state index contributed by atoms with van der Waals surface area (Å²) < 4.78 is 7.69. The molecular formula is C21H18N4O3. The van der Waals surface area contributed by atoms with Crippen LogP contribution in [0, 0.1) is 6.92 Å². The molecule has 1 amide bonds. The highest BCUT2D eigenvalue weighted by atomic mass is 16.3. The minimum Gasteiger partial charge on any atom is -0.451 e. The summed E-state index contributed by atoms with van der Waals surface area (Å²) in [5.41, 5.74) is 1.92. The van der Waals surface area contributed by atoms with Gasteiger partial charge in [-0.2, -0.15) is 0 Å². The molecule has 7 nitrogen and oxygen atoms in total. The van der Waals surface area contributed by atoms with Gasteiger partial charge in [-0.1, -0.05) is 17.7 Å². The molecule has 0 saturated carbocycles. The lowest BCUT2D eigenvalue weighted by molar-refractivity contribution is 0.0697. The van der Waals surface area contributed by atoms with E-state index in [0.29, 0.717) is 17.5 Å². The van der Waals surface area contributed by atoms with E-state index in [1.165, 1.54) is 6.07 Å². The summed E-state index contributed by atoms with van der Waals surface area (Å²) in [5.74, 6) is 0.483. The van der Waals surface area contributed by atoms with Gasteiger partial charge in [0.2, 0.25) is 0 Å². The fourth-order valence-electron chi connectivity index (χ4n) is 3.88. The van der Waals surface area contributed by atoms with Gasteiger partial charge in [0.05, 0.1) is 11.4 Å². The molecule has 28 heavy (non-hydrogen) atoms. The number of hydrogen-bond acceptors (Lipinski definition) is 5. The van der Waals surface area contributed by atoms with Crippen molar-refractivity contribution < 1.29 is 9.21 Å². The lowest BCUT2D eigenvalue weighted by Crippen LogP contribution is -2.32. The minimum atomic E-state index is -0.297. The molecule has 140 valence electrons. The largest absolute Gasteiger partial charge is 0.451 e. The molecule has 0 spiro atoms. The highest BCUT2D eigenvalue weighted by molar-refractivity contribution is 5.93. The molecule has 4 heterocycles. The van der Waals surface area contributed by atoms with E-state index in [4.69, 9.17) is 4.42 Å². The standard InChI is InChI=1S/C21H18N4O3/c1-13-7-8-17-14(11-13)16(26)12-18(28-17)21(27)24-10-4-5-15(24)20-23-22-19-6-2-3-9-25(19)20/h2-3,6-9,11-12,15H,4-5,10H2,1H3. The lowest BCUT2D eigenvalue weighted by Gasteiger charge is -2.23. The topological polar surface area (TPSA) is 80.7 Å². The van der Waals surface area contributed by atoms with E-state index in [1.54, 1.807) is 17.0 Å². The van der Waals surface area contributed by atoms with E-state index in [2.05, 4.69) is 10.2 Å². The van der Waals surface area contributed by atoms with E-state index in [9.17, 15) is 9.59 Å². The zero-order chi connectivity index (χ0) is 19.3. The molecule has 0 bridgehead atoms. The normalized spacial score (nSPS) is 16.9. The third-order valence-electron chi connectivity index (χ3n) is 5.25. The van der Waals surface area contributed by atoms with Crippen LogP contribution in [-0.4, -0.2) is 31.9 Å². The first-order valence-electron chi connectivity index (χ1n) is 9.27. The lowest BCUT2D eigenvalue weighted by atomic mass is 10.1. The minimum absolute atomic E-state index is 0.0575. The first-order valence-corrected chi connectivity index (χ1v) is 9.27. The Labute approximate surface area is 160 Å². The van der Waals surface area contributed by atoms with Crippen LogP contribution in [0.1, 0.15) is 40.8 Å². The molecule has 1 saturated heterocycles. The highest BCUT2D eigenvalue weighted by Crippen LogP contribution is 2.32.